The van der Waals surface area contributed by atoms with Gasteiger partial charge in [-0.25, -0.2) is 0 Å². The molecule has 3 aromatic heterocycles. The molecule has 0 bridgehead atoms. The number of ether oxygens (including phenoxy) is 1. The first-order valence-corrected chi connectivity index (χ1v) is 9.45. The molecule has 0 saturated heterocycles. The number of nitrogens with two attached hydrogens (primary N) is 1. The summed E-state index contributed by atoms with van der Waals surface area (Å²) in [7, 11) is 0. The molecule has 0 aliphatic carbocycles. The van der Waals surface area contributed by atoms with Crippen molar-refractivity contribution in [3.63, 3.8) is 0 Å². The van der Waals surface area contributed by atoms with E-state index >= 15 is 0 Å². The highest BCUT2D eigenvalue weighted by atomic mass is 16.5. The summed E-state index contributed by atoms with van der Waals surface area (Å²) in [5, 5.41) is 8.35. The number of nitrogens with one attached hydrogen (secondary N) is 1. The first-order chi connectivity index (χ1) is 13.7. The van der Waals surface area contributed by atoms with Crippen molar-refractivity contribution >= 4 is 10.9 Å². The zero-order valence-corrected chi connectivity index (χ0v) is 15.9. The Bertz CT molecular complexity index is 1090. The summed E-state index contributed by atoms with van der Waals surface area (Å²) >= 11 is 0. The maximum Gasteiger partial charge on any atom is 0.138 e. The largest absolute Gasteiger partial charge is 0.492 e. The van der Waals surface area contributed by atoms with E-state index in [4.69, 9.17) is 10.5 Å². The van der Waals surface area contributed by atoms with Crippen molar-refractivity contribution in [1.82, 2.24) is 20.2 Å². The Labute approximate surface area is 163 Å². The molecule has 0 fully saturated rings. The monoisotopic (exact) mass is 373 g/mol. The molecule has 1 aromatic carbocycles. The predicted molar refractivity (Wildman–Crippen MR) is 111 cm³/mol. The molecule has 3 heterocycles. The number of hydrogen-bond acceptors (Lipinski definition) is 5. The fraction of sp³-hybridized carbons (Fsp3) is 0.227. The second kappa shape index (κ2) is 8.19. The number of H-pyrrole nitrogens is 1. The molecular weight excluding hydrogens is 350 g/mol. The average molecular weight is 373 g/mol. The fourth-order valence-electron chi connectivity index (χ4n) is 3.18. The van der Waals surface area contributed by atoms with Gasteiger partial charge in [-0.1, -0.05) is 12.1 Å². The highest BCUT2D eigenvalue weighted by Gasteiger charge is 2.12. The van der Waals surface area contributed by atoms with E-state index in [0.717, 1.165) is 57.7 Å². The van der Waals surface area contributed by atoms with Gasteiger partial charge in [0.1, 0.15) is 5.75 Å². The van der Waals surface area contributed by atoms with Crippen molar-refractivity contribution in [3.8, 4) is 28.3 Å². The van der Waals surface area contributed by atoms with E-state index in [0.29, 0.717) is 13.2 Å². The van der Waals surface area contributed by atoms with E-state index in [1.165, 1.54) is 0 Å². The number of aromatic amines is 1. The van der Waals surface area contributed by atoms with E-state index in [9.17, 15) is 0 Å². The molecule has 6 nitrogen and oxygen atoms in total. The number of fused-ring (bicyclic) bond motifs is 1. The number of rotatable bonds is 7. The predicted octanol–water partition coefficient (Wildman–Crippen LogP) is 4.11. The normalized spacial score (nSPS) is 11.1. The molecule has 0 atom stereocenters. The fourth-order valence-corrected chi connectivity index (χ4v) is 3.18. The van der Waals surface area contributed by atoms with E-state index in [1.54, 1.807) is 6.20 Å². The number of pyridine rings is 2. The number of unbranched alkanes of at least 4 members (excludes halogenated alkanes) is 1. The summed E-state index contributed by atoms with van der Waals surface area (Å²) in [6.07, 6.45) is 5.50. The summed E-state index contributed by atoms with van der Waals surface area (Å²) in [4.78, 5) is 9.12. The number of hydrogen-bond donors (Lipinski definition) is 2. The minimum absolute atomic E-state index is 0.648. The first kappa shape index (κ1) is 18.1. The summed E-state index contributed by atoms with van der Waals surface area (Å²) in [5.74, 6) is 0.773. The van der Waals surface area contributed by atoms with Crippen LogP contribution in [0.5, 0.6) is 5.75 Å². The van der Waals surface area contributed by atoms with E-state index < -0.39 is 0 Å². The molecule has 0 saturated carbocycles. The van der Waals surface area contributed by atoms with Gasteiger partial charge in [-0.2, -0.15) is 5.10 Å². The van der Waals surface area contributed by atoms with Gasteiger partial charge in [0, 0.05) is 16.6 Å². The third-order valence-electron chi connectivity index (χ3n) is 4.62. The van der Waals surface area contributed by atoms with Gasteiger partial charge in [0.15, 0.2) is 0 Å². The zero-order chi connectivity index (χ0) is 19.3. The SMILES string of the molecule is Cc1cccc(-c2[nH]ncc2-c2ccc3ncc(OCCCCN)cc3c2)n1. The Hall–Kier alpha value is -3.25. The van der Waals surface area contributed by atoms with Gasteiger partial charge < -0.3 is 10.5 Å². The van der Waals surface area contributed by atoms with Crippen molar-refractivity contribution in [2.24, 2.45) is 5.73 Å². The second-order valence-corrected chi connectivity index (χ2v) is 6.75. The van der Waals surface area contributed by atoms with Crippen LogP contribution in [0, 0.1) is 6.92 Å². The number of nitrogens with zero attached hydrogens (tertiary/aromatic N) is 3. The Morgan fingerprint density at radius 2 is 2.00 bits per heavy atom. The Morgan fingerprint density at radius 1 is 1.07 bits per heavy atom. The molecule has 6 heteroatoms. The minimum atomic E-state index is 0.648. The standard InChI is InChI=1S/C22H23N5O/c1-15-5-4-6-21(26-15)22-19(14-25-27-22)16-7-8-20-17(11-16)12-18(13-24-20)28-10-3-2-9-23/h4-8,11-14H,2-3,9-10,23H2,1H3,(H,25,27). The molecule has 142 valence electrons. The van der Waals surface area contributed by atoms with Gasteiger partial charge in [0.2, 0.25) is 0 Å². The third kappa shape index (κ3) is 3.87. The molecule has 28 heavy (non-hydrogen) atoms. The lowest BCUT2D eigenvalue weighted by molar-refractivity contribution is 0.307. The van der Waals surface area contributed by atoms with Crippen LogP contribution in [-0.4, -0.2) is 33.3 Å². The maximum absolute atomic E-state index is 5.81. The number of aromatic nitrogens is 4. The summed E-state index contributed by atoms with van der Waals surface area (Å²) in [5.41, 5.74) is 11.3. The van der Waals surface area contributed by atoms with Crippen molar-refractivity contribution in [2.45, 2.75) is 19.8 Å². The third-order valence-corrected chi connectivity index (χ3v) is 4.62. The molecule has 0 radical (unpaired) electrons. The van der Waals surface area contributed by atoms with Crippen LogP contribution in [-0.2, 0) is 0 Å². The van der Waals surface area contributed by atoms with Crippen molar-refractivity contribution in [1.29, 1.82) is 0 Å². The quantitative estimate of drug-likeness (QED) is 0.476. The highest BCUT2D eigenvalue weighted by Crippen LogP contribution is 2.31. The van der Waals surface area contributed by atoms with Gasteiger partial charge in [-0.3, -0.25) is 15.1 Å². The van der Waals surface area contributed by atoms with Crippen LogP contribution in [0.2, 0.25) is 0 Å². The summed E-state index contributed by atoms with van der Waals surface area (Å²) in [6.45, 7) is 3.32. The topological polar surface area (TPSA) is 89.7 Å². The average Bonchev–Trinajstić information content (AvgIpc) is 3.21. The lowest BCUT2D eigenvalue weighted by Gasteiger charge is -2.08. The molecular formula is C22H23N5O. The van der Waals surface area contributed by atoms with Crippen LogP contribution < -0.4 is 10.5 Å². The molecule has 0 amide bonds. The van der Waals surface area contributed by atoms with Crippen molar-refractivity contribution < 1.29 is 4.74 Å². The second-order valence-electron chi connectivity index (χ2n) is 6.75. The molecule has 4 rings (SSSR count). The van der Waals surface area contributed by atoms with Gasteiger partial charge in [0.05, 0.1) is 35.9 Å². The molecule has 0 spiro atoms. The van der Waals surface area contributed by atoms with E-state index in [-0.39, 0.29) is 0 Å². The van der Waals surface area contributed by atoms with Gasteiger partial charge in [0.25, 0.3) is 0 Å². The molecule has 0 aliphatic rings. The van der Waals surface area contributed by atoms with E-state index in [1.807, 2.05) is 43.5 Å². The van der Waals surface area contributed by atoms with Gasteiger partial charge in [-0.05, 0) is 62.2 Å². The minimum Gasteiger partial charge on any atom is -0.492 e. The van der Waals surface area contributed by atoms with Crippen molar-refractivity contribution in [2.75, 3.05) is 13.2 Å². The van der Waals surface area contributed by atoms with Gasteiger partial charge in [-0.15, -0.1) is 0 Å². The Balaban J connectivity index is 1.65. The van der Waals surface area contributed by atoms with Gasteiger partial charge >= 0.3 is 0 Å². The van der Waals surface area contributed by atoms with Crippen LogP contribution in [0.4, 0.5) is 0 Å². The molecule has 0 aliphatic heterocycles. The van der Waals surface area contributed by atoms with Crippen LogP contribution in [0.1, 0.15) is 18.5 Å². The highest BCUT2D eigenvalue weighted by molar-refractivity contribution is 5.88. The van der Waals surface area contributed by atoms with Crippen LogP contribution in [0.3, 0.4) is 0 Å². The number of benzene rings is 1. The van der Waals surface area contributed by atoms with Crippen LogP contribution >= 0.6 is 0 Å². The Morgan fingerprint density at radius 3 is 2.86 bits per heavy atom. The van der Waals surface area contributed by atoms with Crippen LogP contribution in [0.25, 0.3) is 33.4 Å². The first-order valence-electron chi connectivity index (χ1n) is 9.45. The molecule has 3 N–H and O–H groups in total. The zero-order valence-electron chi connectivity index (χ0n) is 15.9. The lowest BCUT2D eigenvalue weighted by atomic mass is 10.0. The maximum atomic E-state index is 5.81. The Kier molecular flexibility index (Phi) is 5.30. The lowest BCUT2D eigenvalue weighted by Crippen LogP contribution is -2.03. The van der Waals surface area contributed by atoms with Crippen LogP contribution in [0.15, 0.2) is 54.9 Å². The summed E-state index contributed by atoms with van der Waals surface area (Å²) < 4.78 is 5.81. The summed E-state index contributed by atoms with van der Waals surface area (Å²) in [6, 6.07) is 14.2. The smallest absolute Gasteiger partial charge is 0.138 e. The van der Waals surface area contributed by atoms with Crippen molar-refractivity contribution in [3.05, 3.63) is 60.6 Å². The van der Waals surface area contributed by atoms with E-state index in [2.05, 4.69) is 32.3 Å². The molecule has 4 aromatic rings. The molecule has 0 unspecified atom stereocenters. The number of aryl methyl sites for hydroxylation is 1.